The molecule has 3 rings (SSSR count). The highest BCUT2D eigenvalue weighted by molar-refractivity contribution is 7.99. The Hall–Kier alpha value is -0.510. The van der Waals surface area contributed by atoms with Gasteiger partial charge in [0.15, 0.2) is 0 Å². The normalized spacial score (nSPS) is 32.9. The summed E-state index contributed by atoms with van der Waals surface area (Å²) >= 11 is 1.95. The van der Waals surface area contributed by atoms with Crippen LogP contribution >= 0.6 is 11.8 Å². The standard InChI is InChI=1S/C22H34O2S/c1-15(2)18(23)13-19(16-8-6-5-7-9-16)25-14-22-11-10-17(12-20(22)24)21(22,3)4/h5-9,15,17-20,23-24H,10-14H2,1-4H3/t17-,18-,19-,20-,22-/m1/s1. The predicted octanol–water partition coefficient (Wildman–Crippen LogP) is 5.06. The molecule has 0 heterocycles. The molecule has 0 unspecified atom stereocenters. The van der Waals surface area contributed by atoms with Crippen LogP contribution in [0.25, 0.3) is 0 Å². The fourth-order valence-corrected chi connectivity index (χ4v) is 6.98. The van der Waals surface area contributed by atoms with Crippen LogP contribution in [0.4, 0.5) is 0 Å². The molecule has 0 aliphatic heterocycles. The van der Waals surface area contributed by atoms with Crippen LogP contribution in [0.1, 0.15) is 64.2 Å². The zero-order chi connectivity index (χ0) is 18.2. The topological polar surface area (TPSA) is 40.5 Å². The highest BCUT2D eigenvalue weighted by atomic mass is 32.2. The zero-order valence-electron chi connectivity index (χ0n) is 16.1. The van der Waals surface area contributed by atoms with Gasteiger partial charge in [-0.3, -0.25) is 0 Å². The molecule has 2 fully saturated rings. The van der Waals surface area contributed by atoms with Crippen LogP contribution in [-0.2, 0) is 0 Å². The number of hydrogen-bond acceptors (Lipinski definition) is 3. The molecule has 0 spiro atoms. The van der Waals surface area contributed by atoms with Gasteiger partial charge < -0.3 is 10.2 Å². The first-order valence-corrected chi connectivity index (χ1v) is 10.9. The van der Waals surface area contributed by atoms with Crippen LogP contribution in [0.2, 0.25) is 0 Å². The summed E-state index contributed by atoms with van der Waals surface area (Å²) in [6.45, 7) is 8.90. The Morgan fingerprint density at radius 3 is 2.40 bits per heavy atom. The van der Waals surface area contributed by atoms with Gasteiger partial charge >= 0.3 is 0 Å². The Bertz CT molecular complexity index is 571. The van der Waals surface area contributed by atoms with E-state index in [1.54, 1.807) is 0 Å². The van der Waals surface area contributed by atoms with Crippen molar-refractivity contribution in [2.45, 2.75) is 70.8 Å². The quantitative estimate of drug-likeness (QED) is 0.712. The molecule has 1 aromatic rings. The van der Waals surface area contributed by atoms with Crippen LogP contribution in [0, 0.1) is 22.7 Å². The molecule has 0 saturated heterocycles. The van der Waals surface area contributed by atoms with E-state index in [1.165, 1.54) is 12.0 Å². The van der Waals surface area contributed by atoms with Gasteiger partial charge in [-0.2, -0.15) is 11.8 Å². The Morgan fingerprint density at radius 1 is 1.20 bits per heavy atom. The third-order valence-corrected chi connectivity index (χ3v) is 8.88. The monoisotopic (exact) mass is 362 g/mol. The maximum Gasteiger partial charge on any atom is 0.0612 e. The van der Waals surface area contributed by atoms with Crippen molar-refractivity contribution in [1.29, 1.82) is 0 Å². The van der Waals surface area contributed by atoms with Gasteiger partial charge in [0.1, 0.15) is 0 Å². The van der Waals surface area contributed by atoms with E-state index in [1.807, 2.05) is 17.8 Å². The largest absolute Gasteiger partial charge is 0.393 e. The van der Waals surface area contributed by atoms with E-state index in [0.29, 0.717) is 5.92 Å². The molecule has 2 bridgehead atoms. The van der Waals surface area contributed by atoms with E-state index in [2.05, 4.69) is 52.0 Å². The Balaban J connectivity index is 1.77. The van der Waals surface area contributed by atoms with E-state index < -0.39 is 0 Å². The molecule has 2 saturated carbocycles. The molecule has 0 amide bonds. The second-order valence-electron chi connectivity index (χ2n) is 9.12. The minimum atomic E-state index is -0.284. The van der Waals surface area contributed by atoms with E-state index in [9.17, 15) is 10.2 Å². The van der Waals surface area contributed by atoms with E-state index >= 15 is 0 Å². The first-order valence-electron chi connectivity index (χ1n) is 9.80. The first-order chi connectivity index (χ1) is 11.8. The van der Waals surface area contributed by atoms with Crippen molar-refractivity contribution >= 4 is 11.8 Å². The Labute approximate surface area is 157 Å². The van der Waals surface area contributed by atoms with Gasteiger partial charge in [0.05, 0.1) is 12.2 Å². The van der Waals surface area contributed by atoms with Gasteiger partial charge in [-0.05, 0) is 48.5 Å². The summed E-state index contributed by atoms with van der Waals surface area (Å²) in [5.41, 5.74) is 1.55. The average molecular weight is 363 g/mol. The summed E-state index contributed by atoms with van der Waals surface area (Å²) in [7, 11) is 0. The first kappa shape index (κ1) is 19.3. The van der Waals surface area contributed by atoms with Crippen molar-refractivity contribution < 1.29 is 10.2 Å². The number of thioether (sulfide) groups is 1. The molecular formula is C22H34O2S. The fraction of sp³-hybridized carbons (Fsp3) is 0.727. The summed E-state index contributed by atoms with van der Waals surface area (Å²) in [4.78, 5) is 0. The summed E-state index contributed by atoms with van der Waals surface area (Å²) < 4.78 is 0. The number of benzene rings is 1. The molecule has 1 aromatic carbocycles. The van der Waals surface area contributed by atoms with Crippen LogP contribution in [0.3, 0.4) is 0 Å². The maximum absolute atomic E-state index is 10.8. The molecule has 140 valence electrons. The van der Waals surface area contributed by atoms with Crippen molar-refractivity contribution in [3.05, 3.63) is 35.9 Å². The van der Waals surface area contributed by atoms with Gasteiger partial charge in [0, 0.05) is 16.4 Å². The van der Waals surface area contributed by atoms with E-state index in [4.69, 9.17) is 0 Å². The number of rotatable bonds is 7. The van der Waals surface area contributed by atoms with Crippen LogP contribution < -0.4 is 0 Å². The minimum absolute atomic E-state index is 0.0398. The molecule has 5 atom stereocenters. The third kappa shape index (κ3) is 3.40. The van der Waals surface area contributed by atoms with Crippen LogP contribution in [-0.4, -0.2) is 28.2 Å². The molecule has 0 radical (unpaired) electrons. The second kappa shape index (κ2) is 7.25. The molecule has 0 aromatic heterocycles. The molecule has 2 aliphatic carbocycles. The van der Waals surface area contributed by atoms with Crippen LogP contribution in [0.15, 0.2) is 30.3 Å². The summed E-state index contributed by atoms with van der Waals surface area (Å²) in [6.07, 6.45) is 3.70. The van der Waals surface area contributed by atoms with Crippen molar-refractivity contribution in [3.63, 3.8) is 0 Å². The number of hydrogen-bond donors (Lipinski definition) is 2. The van der Waals surface area contributed by atoms with Gasteiger partial charge in [-0.1, -0.05) is 58.0 Å². The highest BCUT2D eigenvalue weighted by Crippen LogP contribution is 2.67. The average Bonchev–Trinajstić information content (AvgIpc) is 2.93. The van der Waals surface area contributed by atoms with Gasteiger partial charge in [0.2, 0.25) is 0 Å². The lowest BCUT2D eigenvalue weighted by Crippen LogP contribution is -2.41. The predicted molar refractivity (Wildman–Crippen MR) is 107 cm³/mol. The Morgan fingerprint density at radius 2 is 1.88 bits per heavy atom. The van der Waals surface area contributed by atoms with Gasteiger partial charge in [-0.25, -0.2) is 0 Å². The molecule has 2 nitrogen and oxygen atoms in total. The van der Waals surface area contributed by atoms with Crippen molar-refractivity contribution in [2.24, 2.45) is 22.7 Å². The third-order valence-electron chi connectivity index (χ3n) is 7.33. The van der Waals surface area contributed by atoms with E-state index in [-0.39, 0.29) is 34.2 Å². The number of aliphatic hydroxyl groups is 2. The minimum Gasteiger partial charge on any atom is -0.393 e. The zero-order valence-corrected chi connectivity index (χ0v) is 16.9. The number of aliphatic hydroxyl groups excluding tert-OH is 2. The summed E-state index contributed by atoms with van der Waals surface area (Å²) in [5, 5.41) is 21.6. The summed E-state index contributed by atoms with van der Waals surface area (Å²) in [6, 6.07) is 10.6. The van der Waals surface area contributed by atoms with Gasteiger partial charge in [0.25, 0.3) is 0 Å². The lowest BCUT2D eigenvalue weighted by molar-refractivity contribution is 0.0166. The molecule has 3 heteroatoms. The Kier molecular flexibility index (Phi) is 5.58. The molecule has 2 aliphatic rings. The van der Waals surface area contributed by atoms with Gasteiger partial charge in [-0.15, -0.1) is 0 Å². The smallest absolute Gasteiger partial charge is 0.0612 e. The van der Waals surface area contributed by atoms with Crippen molar-refractivity contribution in [2.75, 3.05) is 5.75 Å². The van der Waals surface area contributed by atoms with E-state index in [0.717, 1.165) is 25.0 Å². The molecule has 25 heavy (non-hydrogen) atoms. The molecule has 2 N–H and O–H groups in total. The summed E-state index contributed by atoms with van der Waals surface area (Å²) in [5.74, 6) is 1.93. The fourth-order valence-electron chi connectivity index (χ4n) is 5.09. The highest BCUT2D eigenvalue weighted by Gasteiger charge is 2.63. The SMILES string of the molecule is CC(C)[C@H](O)C[C@@H](SC[C@]12CC[C@H](C[C@H]1O)C2(C)C)c1ccccc1. The lowest BCUT2D eigenvalue weighted by Gasteiger charge is -2.41. The number of fused-ring (bicyclic) bond motifs is 2. The van der Waals surface area contributed by atoms with Crippen LogP contribution in [0.5, 0.6) is 0 Å². The molecular weight excluding hydrogens is 328 g/mol. The van der Waals surface area contributed by atoms with Crippen molar-refractivity contribution in [1.82, 2.24) is 0 Å². The second-order valence-corrected chi connectivity index (χ2v) is 10.3. The van der Waals surface area contributed by atoms with Crippen molar-refractivity contribution in [3.8, 4) is 0 Å². The maximum atomic E-state index is 10.8. The lowest BCUT2D eigenvalue weighted by atomic mass is 9.70.